The normalized spacial score (nSPS) is 11.0. The van der Waals surface area contributed by atoms with Gasteiger partial charge in [-0.15, -0.1) is 0 Å². The molecule has 2 rings (SSSR count). The summed E-state index contributed by atoms with van der Waals surface area (Å²) in [5.74, 6) is -0.0906. The fourth-order valence-corrected chi connectivity index (χ4v) is 3.42. The number of nitrogens with one attached hydrogen (secondary N) is 2. The Bertz CT molecular complexity index is 836. The lowest BCUT2D eigenvalue weighted by atomic mass is 10.1. The molecule has 26 heavy (non-hydrogen) atoms. The number of sulfonamides is 1. The van der Waals surface area contributed by atoms with Gasteiger partial charge in [0.25, 0.3) is 0 Å². The molecule has 2 aromatic rings. The lowest BCUT2D eigenvalue weighted by Gasteiger charge is -2.12. The van der Waals surface area contributed by atoms with Gasteiger partial charge in [-0.05, 0) is 37.6 Å². The van der Waals surface area contributed by atoms with Crippen molar-refractivity contribution in [1.29, 1.82) is 0 Å². The Kier molecular flexibility index (Phi) is 6.97. The molecular formula is C18H23N3O4S. The highest BCUT2D eigenvalue weighted by Gasteiger charge is 2.13. The van der Waals surface area contributed by atoms with E-state index in [4.69, 9.17) is 4.74 Å². The van der Waals surface area contributed by atoms with E-state index in [1.54, 1.807) is 43.3 Å². The first-order chi connectivity index (χ1) is 12.4. The average molecular weight is 377 g/mol. The lowest BCUT2D eigenvalue weighted by Crippen LogP contribution is -2.17. The SMILES string of the molecule is CCCCS(=O)(=O)Nc1ccc(Nc2ccccc2C(=O)OCC)cn1. The highest BCUT2D eigenvalue weighted by Crippen LogP contribution is 2.22. The molecule has 0 amide bonds. The molecule has 1 aromatic carbocycles. The van der Waals surface area contributed by atoms with Crippen LogP contribution in [0.25, 0.3) is 0 Å². The predicted molar refractivity (Wildman–Crippen MR) is 102 cm³/mol. The van der Waals surface area contributed by atoms with Crippen molar-refractivity contribution in [3.8, 4) is 0 Å². The van der Waals surface area contributed by atoms with E-state index in [0.29, 0.717) is 30.0 Å². The molecule has 0 aliphatic heterocycles. The number of nitrogens with zero attached hydrogens (tertiary/aromatic N) is 1. The summed E-state index contributed by atoms with van der Waals surface area (Å²) in [6.07, 6.45) is 2.90. The van der Waals surface area contributed by atoms with Crippen LogP contribution in [-0.2, 0) is 14.8 Å². The molecule has 8 heteroatoms. The van der Waals surface area contributed by atoms with E-state index in [2.05, 4.69) is 15.0 Å². The van der Waals surface area contributed by atoms with Gasteiger partial charge in [0.05, 0.1) is 35.5 Å². The summed E-state index contributed by atoms with van der Waals surface area (Å²) in [5.41, 5.74) is 1.63. The number of unbranched alkanes of at least 4 members (excludes halogenated alkanes) is 1. The van der Waals surface area contributed by atoms with E-state index in [1.807, 2.05) is 6.92 Å². The molecule has 0 saturated heterocycles. The second-order valence-corrected chi connectivity index (χ2v) is 7.44. The molecular weight excluding hydrogens is 354 g/mol. The highest BCUT2D eigenvalue weighted by atomic mass is 32.2. The van der Waals surface area contributed by atoms with Crippen LogP contribution in [0.15, 0.2) is 42.6 Å². The molecule has 0 aliphatic rings. The Morgan fingerprint density at radius 1 is 1.15 bits per heavy atom. The van der Waals surface area contributed by atoms with Gasteiger partial charge >= 0.3 is 5.97 Å². The number of pyridine rings is 1. The second kappa shape index (κ2) is 9.19. The number of ether oxygens (including phenoxy) is 1. The minimum atomic E-state index is -3.39. The van der Waals surface area contributed by atoms with E-state index >= 15 is 0 Å². The van der Waals surface area contributed by atoms with Gasteiger partial charge in [-0.2, -0.15) is 0 Å². The first kappa shape index (κ1) is 19.7. The van der Waals surface area contributed by atoms with E-state index in [0.717, 1.165) is 6.42 Å². The van der Waals surface area contributed by atoms with Crippen molar-refractivity contribution < 1.29 is 17.9 Å². The van der Waals surface area contributed by atoms with Crippen molar-refractivity contribution in [1.82, 2.24) is 4.98 Å². The van der Waals surface area contributed by atoms with Gasteiger partial charge in [-0.1, -0.05) is 25.5 Å². The predicted octanol–water partition coefficient (Wildman–Crippen LogP) is 3.54. The number of benzene rings is 1. The molecule has 0 radical (unpaired) electrons. The number of carbonyl (C=O) groups is 1. The monoisotopic (exact) mass is 377 g/mol. The average Bonchev–Trinajstić information content (AvgIpc) is 2.62. The van der Waals surface area contributed by atoms with Gasteiger partial charge < -0.3 is 10.1 Å². The summed E-state index contributed by atoms with van der Waals surface area (Å²) < 4.78 is 31.3. The third-order valence-corrected chi connectivity index (χ3v) is 4.84. The second-order valence-electron chi connectivity index (χ2n) is 5.60. The van der Waals surface area contributed by atoms with E-state index in [9.17, 15) is 13.2 Å². The van der Waals surface area contributed by atoms with E-state index in [-0.39, 0.29) is 11.6 Å². The maximum Gasteiger partial charge on any atom is 0.340 e. The van der Waals surface area contributed by atoms with Crippen LogP contribution in [0, 0.1) is 0 Å². The zero-order valence-electron chi connectivity index (χ0n) is 14.9. The zero-order valence-corrected chi connectivity index (χ0v) is 15.7. The first-order valence-electron chi connectivity index (χ1n) is 8.45. The summed E-state index contributed by atoms with van der Waals surface area (Å²) in [7, 11) is -3.39. The number of aromatic nitrogens is 1. The number of carbonyl (C=O) groups excluding carboxylic acids is 1. The lowest BCUT2D eigenvalue weighted by molar-refractivity contribution is 0.0527. The number of hydrogen-bond donors (Lipinski definition) is 2. The van der Waals surface area contributed by atoms with Crippen molar-refractivity contribution >= 4 is 33.2 Å². The number of hydrogen-bond acceptors (Lipinski definition) is 6. The molecule has 7 nitrogen and oxygen atoms in total. The van der Waals surface area contributed by atoms with Gasteiger partial charge in [0.1, 0.15) is 5.82 Å². The minimum absolute atomic E-state index is 0.0676. The fourth-order valence-electron chi connectivity index (χ4n) is 2.21. The van der Waals surface area contributed by atoms with Crippen LogP contribution in [0.1, 0.15) is 37.0 Å². The third-order valence-electron chi connectivity index (χ3n) is 3.49. The van der Waals surface area contributed by atoms with Gasteiger partial charge in [0, 0.05) is 0 Å². The number of anilines is 3. The van der Waals surface area contributed by atoms with Crippen LogP contribution in [-0.4, -0.2) is 31.7 Å². The molecule has 0 saturated carbocycles. The summed E-state index contributed by atoms with van der Waals surface area (Å²) in [5, 5.41) is 3.10. The standard InChI is InChI=1S/C18H23N3O4S/c1-3-5-12-26(23,24)21-17-11-10-14(13-19-17)20-16-9-7-6-8-15(16)18(22)25-4-2/h6-11,13,20H,3-5,12H2,1-2H3,(H,19,21). The Hall–Kier alpha value is -2.61. The van der Waals surface area contributed by atoms with Crippen LogP contribution >= 0.6 is 0 Å². The van der Waals surface area contributed by atoms with Gasteiger partial charge in [-0.25, -0.2) is 18.2 Å². The fraction of sp³-hybridized carbons (Fsp3) is 0.333. The van der Waals surface area contributed by atoms with E-state index < -0.39 is 16.0 Å². The maximum atomic E-state index is 12.0. The van der Waals surface area contributed by atoms with Crippen molar-refractivity contribution in [2.75, 3.05) is 22.4 Å². The number of para-hydroxylation sites is 1. The summed E-state index contributed by atoms with van der Waals surface area (Å²) >= 11 is 0. The number of esters is 1. The van der Waals surface area contributed by atoms with Crippen LogP contribution in [0.4, 0.5) is 17.2 Å². The minimum Gasteiger partial charge on any atom is -0.462 e. The van der Waals surface area contributed by atoms with Crippen LogP contribution in [0.3, 0.4) is 0 Å². The molecule has 140 valence electrons. The topological polar surface area (TPSA) is 97.4 Å². The molecule has 0 unspecified atom stereocenters. The van der Waals surface area contributed by atoms with Crippen molar-refractivity contribution in [2.45, 2.75) is 26.7 Å². The van der Waals surface area contributed by atoms with Crippen LogP contribution < -0.4 is 10.0 Å². The quantitative estimate of drug-likeness (QED) is 0.649. The van der Waals surface area contributed by atoms with E-state index in [1.165, 1.54) is 6.20 Å². The van der Waals surface area contributed by atoms with Crippen LogP contribution in [0.2, 0.25) is 0 Å². The molecule has 0 spiro atoms. The number of rotatable bonds is 9. The van der Waals surface area contributed by atoms with Crippen molar-refractivity contribution in [3.63, 3.8) is 0 Å². The Balaban J connectivity index is 2.10. The summed E-state index contributed by atoms with van der Waals surface area (Å²) in [4.78, 5) is 16.1. The molecule has 1 heterocycles. The maximum absolute atomic E-state index is 12.0. The Labute approximate surface area is 153 Å². The van der Waals surface area contributed by atoms with Crippen LogP contribution in [0.5, 0.6) is 0 Å². The highest BCUT2D eigenvalue weighted by molar-refractivity contribution is 7.92. The largest absolute Gasteiger partial charge is 0.462 e. The van der Waals surface area contributed by atoms with Gasteiger partial charge in [0.15, 0.2) is 0 Å². The van der Waals surface area contributed by atoms with Crippen molar-refractivity contribution in [3.05, 3.63) is 48.2 Å². The third kappa shape index (κ3) is 5.73. The van der Waals surface area contributed by atoms with Gasteiger partial charge in [-0.3, -0.25) is 4.72 Å². The van der Waals surface area contributed by atoms with Crippen molar-refractivity contribution in [2.24, 2.45) is 0 Å². The van der Waals surface area contributed by atoms with Gasteiger partial charge in [0.2, 0.25) is 10.0 Å². The molecule has 0 aliphatic carbocycles. The molecule has 1 aromatic heterocycles. The summed E-state index contributed by atoms with van der Waals surface area (Å²) in [6.45, 7) is 3.97. The smallest absolute Gasteiger partial charge is 0.340 e. The Morgan fingerprint density at radius 2 is 1.92 bits per heavy atom. The molecule has 0 fully saturated rings. The summed E-state index contributed by atoms with van der Waals surface area (Å²) in [6, 6.07) is 10.2. The molecule has 0 atom stereocenters. The first-order valence-corrected chi connectivity index (χ1v) is 10.1. The molecule has 0 bridgehead atoms. The Morgan fingerprint density at radius 3 is 2.58 bits per heavy atom. The molecule has 2 N–H and O–H groups in total. The zero-order chi connectivity index (χ0) is 19.0.